The quantitative estimate of drug-likeness (QED) is 0.710. The first-order chi connectivity index (χ1) is 14.6. The summed E-state index contributed by atoms with van der Waals surface area (Å²) in [6.45, 7) is 1.89. The summed E-state index contributed by atoms with van der Waals surface area (Å²) >= 11 is 0. The minimum Gasteiger partial charge on any atom is -0.352 e. The molecular weight excluding hydrogens is 378 g/mol. The van der Waals surface area contributed by atoms with Crippen molar-refractivity contribution in [2.75, 3.05) is 19.6 Å². The number of nitrogens with one attached hydrogen (secondary N) is 1. The number of carbonyl (C=O) groups is 2. The molecule has 154 valence electrons. The molecule has 3 heterocycles. The smallest absolute Gasteiger partial charge is 0.254 e. The molecule has 0 bridgehead atoms. The fourth-order valence-electron chi connectivity index (χ4n) is 3.91. The molecule has 1 atom stereocenters. The molecule has 30 heavy (non-hydrogen) atoms. The topological polar surface area (TPSA) is 80.1 Å². The highest BCUT2D eigenvalue weighted by Crippen LogP contribution is 2.25. The van der Waals surface area contributed by atoms with E-state index in [0.29, 0.717) is 24.2 Å². The Kier molecular flexibility index (Phi) is 5.88. The minimum absolute atomic E-state index is 0.0110. The third-order valence-electron chi connectivity index (χ3n) is 5.50. The lowest BCUT2D eigenvalue weighted by atomic mass is 9.96. The molecule has 0 spiro atoms. The number of aryl methyl sites for hydroxylation is 1. The van der Waals surface area contributed by atoms with Crippen LogP contribution in [-0.2, 0) is 7.05 Å². The zero-order valence-electron chi connectivity index (χ0n) is 17.0. The van der Waals surface area contributed by atoms with Gasteiger partial charge in [0.15, 0.2) is 0 Å². The van der Waals surface area contributed by atoms with Crippen LogP contribution in [0.3, 0.4) is 0 Å². The Morgan fingerprint density at radius 3 is 2.80 bits per heavy atom. The monoisotopic (exact) mass is 403 g/mol. The molecule has 1 aromatic carbocycles. The van der Waals surface area contributed by atoms with Gasteiger partial charge in [0, 0.05) is 57.0 Å². The lowest BCUT2D eigenvalue weighted by Gasteiger charge is -2.33. The summed E-state index contributed by atoms with van der Waals surface area (Å²) in [6.07, 6.45) is 8.71. The number of carbonyl (C=O) groups excluding carboxylic acids is 2. The second kappa shape index (κ2) is 8.90. The number of hydrogen-bond acceptors (Lipinski definition) is 4. The van der Waals surface area contributed by atoms with E-state index in [1.807, 2.05) is 47.0 Å². The van der Waals surface area contributed by atoms with Gasteiger partial charge in [0.05, 0.1) is 11.1 Å². The van der Waals surface area contributed by atoms with Gasteiger partial charge in [0.2, 0.25) is 0 Å². The Labute approximate surface area is 175 Å². The normalized spacial score (nSPS) is 16.3. The van der Waals surface area contributed by atoms with E-state index in [1.165, 1.54) is 0 Å². The van der Waals surface area contributed by atoms with Gasteiger partial charge in [-0.15, -0.1) is 0 Å². The van der Waals surface area contributed by atoms with Crippen molar-refractivity contribution in [2.24, 2.45) is 13.0 Å². The van der Waals surface area contributed by atoms with Crippen molar-refractivity contribution in [1.29, 1.82) is 0 Å². The van der Waals surface area contributed by atoms with E-state index in [4.69, 9.17) is 0 Å². The summed E-state index contributed by atoms with van der Waals surface area (Å²) < 4.78 is 1.92. The van der Waals surface area contributed by atoms with Crippen LogP contribution in [0.15, 0.2) is 61.2 Å². The molecule has 2 amide bonds. The minimum atomic E-state index is -0.133. The number of piperidine rings is 1. The van der Waals surface area contributed by atoms with Crippen LogP contribution in [0, 0.1) is 5.92 Å². The number of rotatable bonds is 5. The highest BCUT2D eigenvalue weighted by Gasteiger charge is 2.27. The number of amides is 2. The molecule has 3 aromatic rings. The Morgan fingerprint density at radius 2 is 2.03 bits per heavy atom. The van der Waals surface area contributed by atoms with E-state index >= 15 is 0 Å². The Morgan fingerprint density at radius 1 is 1.17 bits per heavy atom. The van der Waals surface area contributed by atoms with Crippen molar-refractivity contribution in [2.45, 2.75) is 12.8 Å². The number of aromatic nitrogens is 3. The van der Waals surface area contributed by atoms with Gasteiger partial charge in [0.1, 0.15) is 5.82 Å². The first-order valence-corrected chi connectivity index (χ1v) is 10.2. The summed E-state index contributed by atoms with van der Waals surface area (Å²) in [6, 6.07) is 11.1. The number of imidazole rings is 1. The van der Waals surface area contributed by atoms with E-state index in [-0.39, 0.29) is 17.7 Å². The van der Waals surface area contributed by atoms with Gasteiger partial charge in [-0.2, -0.15) is 0 Å². The van der Waals surface area contributed by atoms with E-state index < -0.39 is 0 Å². The first-order valence-electron chi connectivity index (χ1n) is 10.2. The molecule has 7 heteroatoms. The molecule has 1 fully saturated rings. The predicted octanol–water partition coefficient (Wildman–Crippen LogP) is 2.76. The van der Waals surface area contributed by atoms with Gasteiger partial charge in [0.25, 0.3) is 11.8 Å². The molecule has 0 radical (unpaired) electrons. The Balaban J connectivity index is 1.43. The average molecular weight is 403 g/mol. The van der Waals surface area contributed by atoms with E-state index in [1.54, 1.807) is 30.7 Å². The van der Waals surface area contributed by atoms with Crippen LogP contribution < -0.4 is 5.32 Å². The lowest BCUT2D eigenvalue weighted by Crippen LogP contribution is -2.43. The molecule has 1 aliphatic rings. The van der Waals surface area contributed by atoms with Crippen LogP contribution in [0.1, 0.15) is 33.6 Å². The van der Waals surface area contributed by atoms with Crippen molar-refractivity contribution in [3.8, 4) is 11.4 Å². The summed E-state index contributed by atoms with van der Waals surface area (Å²) in [5, 5.41) is 2.98. The van der Waals surface area contributed by atoms with Gasteiger partial charge in [-0.1, -0.05) is 18.2 Å². The van der Waals surface area contributed by atoms with Gasteiger partial charge in [-0.3, -0.25) is 14.6 Å². The molecule has 4 rings (SSSR count). The zero-order chi connectivity index (χ0) is 20.9. The van der Waals surface area contributed by atoms with Crippen LogP contribution in [0.25, 0.3) is 11.4 Å². The largest absolute Gasteiger partial charge is 0.352 e. The maximum Gasteiger partial charge on any atom is 0.254 e. The van der Waals surface area contributed by atoms with Crippen LogP contribution in [0.5, 0.6) is 0 Å². The Hall–Kier alpha value is -3.48. The first kappa shape index (κ1) is 19.8. The van der Waals surface area contributed by atoms with Gasteiger partial charge >= 0.3 is 0 Å². The molecule has 1 aliphatic heterocycles. The van der Waals surface area contributed by atoms with Crippen LogP contribution in [0.2, 0.25) is 0 Å². The third-order valence-corrected chi connectivity index (χ3v) is 5.50. The second-order valence-electron chi connectivity index (χ2n) is 7.62. The number of likely N-dealkylation sites (tertiary alicyclic amines) is 1. The molecule has 0 aliphatic carbocycles. The molecule has 0 saturated carbocycles. The zero-order valence-corrected chi connectivity index (χ0v) is 17.0. The maximum absolute atomic E-state index is 13.3. The molecule has 1 N–H and O–H groups in total. The predicted molar refractivity (Wildman–Crippen MR) is 114 cm³/mol. The summed E-state index contributed by atoms with van der Waals surface area (Å²) in [4.78, 5) is 35.9. The van der Waals surface area contributed by atoms with E-state index in [0.717, 1.165) is 30.8 Å². The standard InChI is InChI=1S/C23H25N5O2/c1-27-13-11-25-21(27)19-8-2-3-9-20(19)23(30)28-12-5-6-17(16-28)14-26-22(29)18-7-4-10-24-15-18/h2-4,7-11,13,15,17H,5-6,12,14,16H2,1H3,(H,26,29)/t17-/m1/s1. The second-order valence-corrected chi connectivity index (χ2v) is 7.62. The molecular formula is C23H25N5O2. The highest BCUT2D eigenvalue weighted by molar-refractivity contribution is 6.00. The molecule has 0 unspecified atom stereocenters. The number of benzene rings is 1. The molecule has 2 aromatic heterocycles. The fraction of sp³-hybridized carbons (Fsp3) is 0.304. The maximum atomic E-state index is 13.3. The van der Waals surface area contributed by atoms with E-state index in [9.17, 15) is 9.59 Å². The third kappa shape index (κ3) is 4.25. The van der Waals surface area contributed by atoms with Crippen molar-refractivity contribution in [3.05, 3.63) is 72.3 Å². The van der Waals surface area contributed by atoms with Crippen molar-refractivity contribution in [1.82, 2.24) is 24.8 Å². The molecule has 1 saturated heterocycles. The lowest BCUT2D eigenvalue weighted by molar-refractivity contribution is 0.0671. The van der Waals surface area contributed by atoms with Crippen LogP contribution in [-0.4, -0.2) is 50.9 Å². The van der Waals surface area contributed by atoms with Gasteiger partial charge < -0.3 is 14.8 Å². The van der Waals surface area contributed by atoms with Crippen LogP contribution >= 0.6 is 0 Å². The summed E-state index contributed by atoms with van der Waals surface area (Å²) in [7, 11) is 1.92. The SMILES string of the molecule is Cn1ccnc1-c1ccccc1C(=O)N1CCC[C@H](CNC(=O)c2cccnc2)C1. The average Bonchev–Trinajstić information content (AvgIpc) is 3.23. The Bertz CT molecular complexity index is 1030. The van der Waals surface area contributed by atoms with Gasteiger partial charge in [-0.25, -0.2) is 4.98 Å². The fourth-order valence-corrected chi connectivity index (χ4v) is 3.91. The highest BCUT2D eigenvalue weighted by atomic mass is 16.2. The summed E-state index contributed by atoms with van der Waals surface area (Å²) in [5.74, 6) is 0.878. The van der Waals surface area contributed by atoms with Crippen molar-refractivity contribution in [3.63, 3.8) is 0 Å². The van der Waals surface area contributed by atoms with Crippen molar-refractivity contribution < 1.29 is 9.59 Å². The number of nitrogens with zero attached hydrogens (tertiary/aromatic N) is 4. The summed E-state index contributed by atoms with van der Waals surface area (Å²) in [5.41, 5.74) is 2.04. The van der Waals surface area contributed by atoms with E-state index in [2.05, 4.69) is 15.3 Å². The van der Waals surface area contributed by atoms with Crippen LogP contribution in [0.4, 0.5) is 0 Å². The van der Waals surface area contributed by atoms with Crippen molar-refractivity contribution >= 4 is 11.8 Å². The van der Waals surface area contributed by atoms with Gasteiger partial charge in [-0.05, 0) is 37.0 Å². The molecule has 7 nitrogen and oxygen atoms in total. The number of hydrogen-bond donors (Lipinski definition) is 1. The number of pyridine rings is 1.